The fourth-order valence-corrected chi connectivity index (χ4v) is 0.515. The molecule has 0 saturated heterocycles. The van der Waals surface area contributed by atoms with E-state index in [2.05, 4.69) is 5.11 Å². The highest BCUT2D eigenvalue weighted by Crippen LogP contribution is 2.22. The minimum atomic E-state index is -3.59. The number of hydrogen-bond donors (Lipinski definition) is 0. The highest BCUT2D eigenvalue weighted by molar-refractivity contribution is 5.80. The van der Waals surface area contributed by atoms with Crippen LogP contribution in [0.15, 0.2) is 5.11 Å². The number of carbonyl (C=O) groups is 1. The van der Waals surface area contributed by atoms with E-state index in [1.807, 2.05) is 4.91 Å². The second-order valence-corrected chi connectivity index (χ2v) is 2.65. The Morgan fingerprint density at radius 2 is 2.17 bits per heavy atom. The van der Waals surface area contributed by atoms with Crippen LogP contribution >= 0.6 is 0 Å². The third-order valence-corrected chi connectivity index (χ3v) is 1.22. The third-order valence-electron chi connectivity index (χ3n) is 1.22. The number of carbonyl (C=O) groups excluding carboxylic acids is 1. The summed E-state index contributed by atoms with van der Waals surface area (Å²) in [5.74, 6) is -1.09. The van der Waals surface area contributed by atoms with E-state index in [0.717, 1.165) is 0 Å². The molecule has 0 aromatic carbocycles. The smallest absolute Gasteiger partial charge is 0.299 e. The van der Waals surface area contributed by atoms with Gasteiger partial charge in [0.1, 0.15) is 5.78 Å². The fourth-order valence-electron chi connectivity index (χ4n) is 0.515. The topological polar surface area (TPSA) is 65.8 Å². The van der Waals surface area contributed by atoms with Gasteiger partial charge in [-0.15, -0.1) is 0 Å². The second-order valence-electron chi connectivity index (χ2n) is 2.65. The Balaban J connectivity index is 4.24. The lowest BCUT2D eigenvalue weighted by molar-refractivity contribution is -0.128. The monoisotopic (exact) mass is 177 g/mol. The quantitative estimate of drug-likeness (QED) is 0.281. The van der Waals surface area contributed by atoms with Gasteiger partial charge >= 0.3 is 6.05 Å². The summed E-state index contributed by atoms with van der Waals surface area (Å²) in [6.45, 7) is 3.02. The summed E-state index contributed by atoms with van der Waals surface area (Å²) in [4.78, 5) is 12.7. The first kappa shape index (κ1) is 10.8. The first-order valence-electron chi connectivity index (χ1n) is 3.36. The summed E-state index contributed by atoms with van der Waals surface area (Å²) in [5.41, 5.74) is 7.72. The Morgan fingerprint density at radius 1 is 1.67 bits per heavy atom. The Hall–Kier alpha value is -1.16. The molecular weight excluding hydrogens is 168 g/mol. The van der Waals surface area contributed by atoms with Gasteiger partial charge in [-0.25, -0.2) is 0 Å². The van der Waals surface area contributed by atoms with Crippen molar-refractivity contribution in [2.45, 2.75) is 26.3 Å². The zero-order chi connectivity index (χ0) is 9.78. The van der Waals surface area contributed by atoms with E-state index in [1.54, 1.807) is 0 Å². The summed E-state index contributed by atoms with van der Waals surface area (Å²) < 4.78 is 24.8. The van der Waals surface area contributed by atoms with Gasteiger partial charge in [-0.3, -0.25) is 4.79 Å². The Morgan fingerprint density at radius 3 is 2.50 bits per heavy atom. The molecule has 0 fully saturated rings. The van der Waals surface area contributed by atoms with Crippen LogP contribution in [-0.4, -0.2) is 11.8 Å². The number of hydrogen-bond acceptors (Lipinski definition) is 2. The maximum atomic E-state index is 12.4. The molecule has 0 aliphatic rings. The van der Waals surface area contributed by atoms with Crippen molar-refractivity contribution in [1.82, 2.24) is 0 Å². The van der Waals surface area contributed by atoms with Crippen LogP contribution in [0, 0.1) is 5.92 Å². The van der Waals surface area contributed by atoms with Crippen molar-refractivity contribution < 1.29 is 13.6 Å². The molecule has 0 amide bonds. The lowest BCUT2D eigenvalue weighted by Crippen LogP contribution is -2.20. The molecule has 0 heterocycles. The summed E-state index contributed by atoms with van der Waals surface area (Å²) in [6, 6.07) is -3.59. The molecule has 12 heavy (non-hydrogen) atoms. The molecule has 0 N–H and O–H groups in total. The lowest BCUT2D eigenvalue weighted by atomic mass is 10.1. The molecule has 4 nitrogen and oxygen atoms in total. The molecule has 68 valence electrons. The van der Waals surface area contributed by atoms with Gasteiger partial charge < -0.3 is 0 Å². The van der Waals surface area contributed by atoms with E-state index >= 15 is 0 Å². The summed E-state index contributed by atoms with van der Waals surface area (Å²) in [5, 5.41) is 2.21. The SMILES string of the molecule is CC(C)C(=O)CC(F)(F)N=[N+]=[N-]. The zero-order valence-corrected chi connectivity index (χ0v) is 6.79. The van der Waals surface area contributed by atoms with Crippen LogP contribution in [-0.2, 0) is 4.79 Å². The van der Waals surface area contributed by atoms with Gasteiger partial charge in [-0.1, -0.05) is 13.8 Å². The molecule has 0 unspecified atom stereocenters. The number of Topliss-reactive ketones (excluding diaryl/α,β-unsaturated/α-hetero) is 1. The highest BCUT2D eigenvalue weighted by Gasteiger charge is 2.31. The zero-order valence-electron chi connectivity index (χ0n) is 6.79. The van der Waals surface area contributed by atoms with Crippen LogP contribution in [0.4, 0.5) is 8.78 Å². The van der Waals surface area contributed by atoms with Crippen molar-refractivity contribution in [3.05, 3.63) is 10.4 Å². The van der Waals surface area contributed by atoms with Gasteiger partial charge in [-0.05, 0) is 10.6 Å². The van der Waals surface area contributed by atoms with Gasteiger partial charge in [0.2, 0.25) is 0 Å². The number of nitrogens with zero attached hydrogens (tertiary/aromatic N) is 3. The Kier molecular flexibility index (Phi) is 3.63. The lowest BCUT2D eigenvalue weighted by Gasteiger charge is -2.09. The van der Waals surface area contributed by atoms with E-state index in [0.29, 0.717) is 0 Å². The molecule has 0 aromatic heterocycles. The van der Waals surface area contributed by atoms with Crippen LogP contribution < -0.4 is 0 Å². The molecule has 0 spiro atoms. The molecule has 0 saturated carbocycles. The first-order chi connectivity index (χ1) is 5.39. The molecular formula is C6H9F2N3O. The molecule has 0 bridgehead atoms. The predicted molar refractivity (Wildman–Crippen MR) is 38.6 cm³/mol. The predicted octanol–water partition coefficient (Wildman–Crippen LogP) is 2.50. The molecule has 6 heteroatoms. The number of azide groups is 1. The van der Waals surface area contributed by atoms with Crippen LogP contribution in [0.3, 0.4) is 0 Å². The van der Waals surface area contributed by atoms with E-state index in [1.165, 1.54) is 13.8 Å². The number of alkyl halides is 2. The molecule has 0 aromatic rings. The number of halogens is 2. The maximum Gasteiger partial charge on any atom is 0.332 e. The van der Waals surface area contributed by atoms with Crippen LogP contribution in [0.1, 0.15) is 20.3 Å². The first-order valence-corrected chi connectivity index (χ1v) is 3.36. The average Bonchev–Trinajstić information content (AvgIpc) is 1.85. The fraction of sp³-hybridized carbons (Fsp3) is 0.833. The van der Waals surface area contributed by atoms with Crippen molar-refractivity contribution in [1.29, 1.82) is 0 Å². The van der Waals surface area contributed by atoms with E-state index < -0.39 is 24.2 Å². The van der Waals surface area contributed by atoms with E-state index in [9.17, 15) is 13.6 Å². The summed E-state index contributed by atoms with van der Waals surface area (Å²) in [7, 11) is 0. The average molecular weight is 177 g/mol. The normalized spacial score (nSPS) is 11.1. The maximum absolute atomic E-state index is 12.4. The van der Waals surface area contributed by atoms with Crippen molar-refractivity contribution in [3.8, 4) is 0 Å². The van der Waals surface area contributed by atoms with Gasteiger partial charge in [-0.2, -0.15) is 8.78 Å². The van der Waals surface area contributed by atoms with Gasteiger partial charge in [0.25, 0.3) is 0 Å². The molecule has 0 rings (SSSR count). The van der Waals surface area contributed by atoms with Crippen LogP contribution in [0.5, 0.6) is 0 Å². The van der Waals surface area contributed by atoms with Crippen LogP contribution in [0.2, 0.25) is 0 Å². The molecule has 0 radical (unpaired) electrons. The van der Waals surface area contributed by atoms with Gasteiger partial charge in [0.05, 0.1) is 6.42 Å². The Labute approximate surface area is 68.2 Å². The molecule has 0 aliphatic heterocycles. The van der Waals surface area contributed by atoms with Crippen molar-refractivity contribution in [2.75, 3.05) is 0 Å². The Bertz CT molecular complexity index is 221. The van der Waals surface area contributed by atoms with Crippen molar-refractivity contribution >= 4 is 5.78 Å². The minimum absolute atomic E-state index is 0.468. The summed E-state index contributed by atoms with van der Waals surface area (Å²) >= 11 is 0. The number of ketones is 1. The largest absolute Gasteiger partial charge is 0.332 e. The van der Waals surface area contributed by atoms with Crippen LogP contribution in [0.25, 0.3) is 10.4 Å². The molecule has 0 atom stereocenters. The standard InChI is InChI=1S/C6H9F2N3O/c1-4(2)5(12)3-6(7,8)10-11-9/h4H,3H2,1-2H3. The minimum Gasteiger partial charge on any atom is -0.299 e. The third kappa shape index (κ3) is 3.88. The van der Waals surface area contributed by atoms with Crippen molar-refractivity contribution in [3.63, 3.8) is 0 Å². The second kappa shape index (κ2) is 4.01. The van der Waals surface area contributed by atoms with E-state index in [4.69, 9.17) is 5.53 Å². The number of rotatable bonds is 4. The van der Waals surface area contributed by atoms with E-state index in [-0.39, 0.29) is 0 Å². The van der Waals surface area contributed by atoms with Gasteiger partial charge in [0.15, 0.2) is 0 Å². The van der Waals surface area contributed by atoms with Crippen molar-refractivity contribution in [2.24, 2.45) is 11.0 Å². The van der Waals surface area contributed by atoms with Gasteiger partial charge in [0, 0.05) is 10.8 Å². The summed E-state index contributed by atoms with van der Waals surface area (Å²) in [6.07, 6.45) is -1.02. The molecule has 0 aliphatic carbocycles. The highest BCUT2D eigenvalue weighted by atomic mass is 19.3.